The van der Waals surface area contributed by atoms with E-state index < -0.39 is 0 Å². The van der Waals surface area contributed by atoms with Crippen LogP contribution in [0.25, 0.3) is 0 Å². The summed E-state index contributed by atoms with van der Waals surface area (Å²) in [4.78, 5) is 4.38. The van der Waals surface area contributed by atoms with E-state index >= 15 is 0 Å². The Balaban J connectivity index is 2.04. The van der Waals surface area contributed by atoms with Gasteiger partial charge in [-0.2, -0.15) is 0 Å². The average molecular weight is 192 g/mol. The van der Waals surface area contributed by atoms with E-state index in [-0.39, 0.29) is 12.6 Å². The summed E-state index contributed by atoms with van der Waals surface area (Å²) in [5, 5.41) is 8.75. The molecule has 0 amide bonds. The van der Waals surface area contributed by atoms with Crippen molar-refractivity contribution in [3.05, 3.63) is 29.6 Å². The molecule has 0 saturated heterocycles. The minimum atomic E-state index is -0.0826. The predicted molar refractivity (Wildman–Crippen MR) is 54.8 cm³/mol. The van der Waals surface area contributed by atoms with Crippen LogP contribution in [0.5, 0.6) is 0 Å². The van der Waals surface area contributed by atoms with Crippen LogP contribution in [0.15, 0.2) is 18.3 Å². The van der Waals surface area contributed by atoms with Crippen molar-refractivity contribution in [3.63, 3.8) is 0 Å². The van der Waals surface area contributed by atoms with Crippen molar-refractivity contribution in [2.24, 2.45) is 5.73 Å². The van der Waals surface area contributed by atoms with Gasteiger partial charge in [-0.05, 0) is 30.9 Å². The molecule has 0 aromatic carbocycles. The van der Waals surface area contributed by atoms with Gasteiger partial charge >= 0.3 is 0 Å². The second-order valence-corrected chi connectivity index (χ2v) is 3.91. The molecule has 1 heterocycles. The van der Waals surface area contributed by atoms with Crippen LogP contribution < -0.4 is 5.73 Å². The van der Waals surface area contributed by atoms with E-state index in [0.717, 1.165) is 5.56 Å². The quantitative estimate of drug-likeness (QED) is 0.756. The Morgan fingerprint density at radius 2 is 2.29 bits per heavy atom. The molecule has 1 unspecified atom stereocenters. The number of aliphatic hydroxyl groups excluding tert-OH is 1. The molecule has 0 bridgehead atoms. The third-order valence-corrected chi connectivity index (χ3v) is 2.67. The van der Waals surface area contributed by atoms with Crippen molar-refractivity contribution in [2.75, 3.05) is 6.61 Å². The summed E-state index contributed by atoms with van der Waals surface area (Å²) in [6, 6.07) is 4.01. The van der Waals surface area contributed by atoms with Gasteiger partial charge in [0, 0.05) is 30.5 Å². The molecule has 76 valence electrons. The van der Waals surface area contributed by atoms with E-state index in [1.54, 1.807) is 0 Å². The molecule has 3 heteroatoms. The molecule has 1 saturated carbocycles. The van der Waals surface area contributed by atoms with Gasteiger partial charge in [0.1, 0.15) is 0 Å². The number of hydrogen-bond acceptors (Lipinski definition) is 3. The van der Waals surface area contributed by atoms with Gasteiger partial charge in [-0.15, -0.1) is 0 Å². The second kappa shape index (κ2) is 4.07. The number of hydrogen-bond donors (Lipinski definition) is 2. The Bertz CT molecular complexity index is 293. The molecule has 0 aliphatic heterocycles. The van der Waals surface area contributed by atoms with E-state index in [2.05, 4.69) is 11.1 Å². The summed E-state index contributed by atoms with van der Waals surface area (Å²) in [6.07, 6.45) is 4.99. The molecule has 2 rings (SSSR count). The summed E-state index contributed by atoms with van der Waals surface area (Å²) < 4.78 is 0. The smallest absolute Gasteiger partial charge is 0.0449 e. The molecular weight excluding hydrogens is 176 g/mol. The van der Waals surface area contributed by atoms with Crippen LogP contribution >= 0.6 is 0 Å². The van der Waals surface area contributed by atoms with Crippen LogP contribution in [0.2, 0.25) is 0 Å². The minimum absolute atomic E-state index is 0.0826. The fourth-order valence-corrected chi connectivity index (χ4v) is 1.56. The lowest BCUT2D eigenvalue weighted by Crippen LogP contribution is -2.12. The first-order valence-corrected chi connectivity index (χ1v) is 5.13. The molecule has 14 heavy (non-hydrogen) atoms. The molecular formula is C11H16N2O. The Kier molecular flexibility index (Phi) is 2.79. The van der Waals surface area contributed by atoms with E-state index in [4.69, 9.17) is 10.8 Å². The van der Waals surface area contributed by atoms with Crippen LogP contribution in [0, 0.1) is 0 Å². The zero-order valence-electron chi connectivity index (χ0n) is 8.19. The topological polar surface area (TPSA) is 59.1 Å². The van der Waals surface area contributed by atoms with Gasteiger partial charge in [-0.1, -0.05) is 6.07 Å². The minimum Gasteiger partial charge on any atom is -0.396 e. The average Bonchev–Trinajstić information content (AvgIpc) is 3.02. The van der Waals surface area contributed by atoms with E-state index in [0.29, 0.717) is 12.3 Å². The van der Waals surface area contributed by atoms with Gasteiger partial charge in [0.2, 0.25) is 0 Å². The highest BCUT2D eigenvalue weighted by Gasteiger charge is 2.24. The van der Waals surface area contributed by atoms with Gasteiger partial charge in [-0.3, -0.25) is 4.98 Å². The maximum atomic E-state index is 8.75. The number of pyridine rings is 1. The first-order valence-electron chi connectivity index (χ1n) is 5.13. The first kappa shape index (κ1) is 9.62. The second-order valence-electron chi connectivity index (χ2n) is 3.91. The molecule has 3 nitrogen and oxygen atoms in total. The van der Waals surface area contributed by atoms with Crippen molar-refractivity contribution in [3.8, 4) is 0 Å². The lowest BCUT2D eigenvalue weighted by molar-refractivity contribution is 0.276. The third kappa shape index (κ3) is 2.11. The van der Waals surface area contributed by atoms with Crippen molar-refractivity contribution >= 4 is 0 Å². The molecule has 0 spiro atoms. The highest BCUT2D eigenvalue weighted by atomic mass is 16.3. The predicted octanol–water partition coefficient (Wildman–Crippen LogP) is 1.34. The van der Waals surface area contributed by atoms with Crippen molar-refractivity contribution < 1.29 is 5.11 Å². The lowest BCUT2D eigenvalue weighted by atomic mass is 10.1. The fraction of sp³-hybridized carbons (Fsp3) is 0.545. The normalized spacial score (nSPS) is 18.1. The van der Waals surface area contributed by atoms with Crippen LogP contribution in [0.3, 0.4) is 0 Å². The zero-order valence-corrected chi connectivity index (χ0v) is 8.19. The molecule has 1 aromatic heterocycles. The number of nitrogens with zero attached hydrogens (tertiary/aromatic N) is 1. The highest BCUT2D eigenvalue weighted by molar-refractivity contribution is 5.21. The van der Waals surface area contributed by atoms with Crippen LogP contribution in [-0.2, 0) is 0 Å². The largest absolute Gasteiger partial charge is 0.396 e. The lowest BCUT2D eigenvalue weighted by Gasteiger charge is -2.09. The summed E-state index contributed by atoms with van der Waals surface area (Å²) in [5.74, 6) is 0.693. The Morgan fingerprint density at radius 3 is 2.79 bits per heavy atom. The first-order chi connectivity index (χ1) is 6.81. The fourth-order valence-electron chi connectivity index (χ4n) is 1.56. The molecule has 3 N–H and O–H groups in total. The Labute approximate surface area is 84.0 Å². The van der Waals surface area contributed by atoms with E-state index in [1.807, 2.05) is 12.3 Å². The molecule has 1 aromatic rings. The molecule has 1 atom stereocenters. The monoisotopic (exact) mass is 192 g/mol. The standard InChI is InChI=1S/C11H16N2O/c12-10(5-6-14)9-3-4-11(13-7-9)8-1-2-8/h3-4,7-8,10,14H,1-2,5-6,12H2. The number of aliphatic hydroxyl groups is 1. The van der Waals surface area contributed by atoms with E-state index in [1.165, 1.54) is 18.5 Å². The van der Waals surface area contributed by atoms with E-state index in [9.17, 15) is 0 Å². The summed E-state index contributed by atoms with van der Waals surface area (Å²) in [6.45, 7) is 0.130. The number of nitrogens with two attached hydrogens (primary N) is 1. The van der Waals surface area contributed by atoms with Gasteiger partial charge < -0.3 is 10.8 Å². The summed E-state index contributed by atoms with van der Waals surface area (Å²) in [7, 11) is 0. The Hall–Kier alpha value is -0.930. The number of rotatable bonds is 4. The van der Waals surface area contributed by atoms with Gasteiger partial charge in [0.05, 0.1) is 0 Å². The van der Waals surface area contributed by atoms with Crippen LogP contribution in [0.4, 0.5) is 0 Å². The maximum absolute atomic E-state index is 8.75. The van der Waals surface area contributed by atoms with Gasteiger partial charge in [0.25, 0.3) is 0 Å². The van der Waals surface area contributed by atoms with Gasteiger partial charge in [0.15, 0.2) is 0 Å². The summed E-state index contributed by atoms with van der Waals surface area (Å²) >= 11 is 0. The van der Waals surface area contributed by atoms with Crippen molar-refractivity contribution in [1.29, 1.82) is 0 Å². The van der Waals surface area contributed by atoms with Crippen molar-refractivity contribution in [2.45, 2.75) is 31.2 Å². The molecule has 1 aliphatic rings. The molecule has 1 fully saturated rings. The molecule has 1 aliphatic carbocycles. The SMILES string of the molecule is NC(CCO)c1ccc(C2CC2)nc1. The van der Waals surface area contributed by atoms with Crippen molar-refractivity contribution in [1.82, 2.24) is 4.98 Å². The molecule has 0 radical (unpaired) electrons. The summed E-state index contributed by atoms with van der Waals surface area (Å²) in [5.41, 5.74) is 8.05. The zero-order chi connectivity index (χ0) is 9.97. The highest BCUT2D eigenvalue weighted by Crippen LogP contribution is 2.38. The third-order valence-electron chi connectivity index (χ3n) is 2.67. The van der Waals surface area contributed by atoms with Crippen LogP contribution in [0.1, 0.15) is 42.5 Å². The van der Waals surface area contributed by atoms with Crippen LogP contribution in [-0.4, -0.2) is 16.7 Å². The maximum Gasteiger partial charge on any atom is 0.0449 e. The van der Waals surface area contributed by atoms with Gasteiger partial charge in [-0.25, -0.2) is 0 Å². The Morgan fingerprint density at radius 1 is 1.50 bits per heavy atom. The number of aromatic nitrogens is 1.